The lowest BCUT2D eigenvalue weighted by Gasteiger charge is -2.18. The predicted octanol–water partition coefficient (Wildman–Crippen LogP) is 2.02. The third kappa shape index (κ3) is 3.98. The van der Waals surface area contributed by atoms with E-state index in [0.29, 0.717) is 0 Å². The van der Waals surface area contributed by atoms with Crippen LogP contribution in [0.15, 0.2) is 24.3 Å². The van der Waals surface area contributed by atoms with Gasteiger partial charge in [0.25, 0.3) is 0 Å². The molecule has 4 heteroatoms. The van der Waals surface area contributed by atoms with Crippen molar-refractivity contribution in [2.45, 2.75) is 32.9 Å². The molecule has 17 heavy (non-hydrogen) atoms. The molecule has 0 spiro atoms. The topological polar surface area (TPSA) is 50.4 Å². The first kappa shape index (κ1) is 13.4. The van der Waals surface area contributed by atoms with Gasteiger partial charge in [0.1, 0.15) is 11.8 Å². The van der Waals surface area contributed by atoms with E-state index in [0.717, 1.165) is 11.4 Å². The van der Waals surface area contributed by atoms with Crippen LogP contribution in [0.1, 0.15) is 20.8 Å². The maximum Gasteiger partial charge on any atom is 0.242 e. The highest BCUT2D eigenvalue weighted by atomic mass is 16.5. The van der Waals surface area contributed by atoms with Gasteiger partial charge in [-0.1, -0.05) is 12.1 Å². The number of carbonyl (C=O) groups excluding carboxylic acids is 1. The molecule has 0 aliphatic rings. The Bertz CT molecular complexity index is 377. The van der Waals surface area contributed by atoms with Crippen LogP contribution < -0.4 is 15.4 Å². The Labute approximate surface area is 102 Å². The number of benzene rings is 1. The molecule has 1 aromatic carbocycles. The van der Waals surface area contributed by atoms with Gasteiger partial charge in [0.05, 0.1) is 12.8 Å². The Kier molecular flexibility index (Phi) is 4.82. The van der Waals surface area contributed by atoms with Crippen LogP contribution in [0.5, 0.6) is 5.75 Å². The van der Waals surface area contributed by atoms with Gasteiger partial charge in [0, 0.05) is 6.04 Å². The summed E-state index contributed by atoms with van der Waals surface area (Å²) in [4.78, 5) is 11.7. The largest absolute Gasteiger partial charge is 0.495 e. The molecule has 0 unspecified atom stereocenters. The minimum Gasteiger partial charge on any atom is -0.495 e. The van der Waals surface area contributed by atoms with Crippen molar-refractivity contribution in [2.75, 3.05) is 12.4 Å². The number of ether oxygens (including phenoxy) is 1. The van der Waals surface area contributed by atoms with E-state index < -0.39 is 0 Å². The average Bonchev–Trinajstić information content (AvgIpc) is 2.28. The molecule has 0 aliphatic heterocycles. The molecule has 0 saturated heterocycles. The molecule has 0 saturated carbocycles. The lowest BCUT2D eigenvalue weighted by atomic mass is 10.2. The van der Waals surface area contributed by atoms with E-state index in [9.17, 15) is 4.79 Å². The maximum absolute atomic E-state index is 11.7. The molecular weight excluding hydrogens is 216 g/mol. The molecule has 0 radical (unpaired) electrons. The van der Waals surface area contributed by atoms with Crippen molar-refractivity contribution in [3.63, 3.8) is 0 Å². The zero-order chi connectivity index (χ0) is 12.8. The number of hydrogen-bond donors (Lipinski definition) is 2. The molecule has 0 aromatic heterocycles. The monoisotopic (exact) mass is 236 g/mol. The summed E-state index contributed by atoms with van der Waals surface area (Å²) in [5, 5.41) is 5.99. The summed E-state index contributed by atoms with van der Waals surface area (Å²) in [7, 11) is 1.61. The molecule has 0 aliphatic carbocycles. The molecule has 1 amide bonds. The third-order valence-electron chi connectivity index (χ3n) is 2.30. The van der Waals surface area contributed by atoms with E-state index >= 15 is 0 Å². The van der Waals surface area contributed by atoms with Gasteiger partial charge in [0.2, 0.25) is 5.91 Å². The smallest absolute Gasteiger partial charge is 0.242 e. The van der Waals surface area contributed by atoms with Crippen LogP contribution in [0.3, 0.4) is 0 Å². The molecule has 4 nitrogen and oxygen atoms in total. The number of rotatable bonds is 5. The Morgan fingerprint density at radius 2 is 1.88 bits per heavy atom. The van der Waals surface area contributed by atoms with Crippen LogP contribution in [-0.4, -0.2) is 25.1 Å². The molecule has 1 atom stereocenters. The summed E-state index contributed by atoms with van der Waals surface area (Å²) in [6.45, 7) is 5.70. The predicted molar refractivity (Wildman–Crippen MR) is 69.4 cm³/mol. The second-order valence-electron chi connectivity index (χ2n) is 4.23. The van der Waals surface area contributed by atoms with Crippen LogP contribution in [0.2, 0.25) is 0 Å². The summed E-state index contributed by atoms with van der Waals surface area (Å²) in [5.74, 6) is 0.711. The van der Waals surface area contributed by atoms with Crippen molar-refractivity contribution in [1.82, 2.24) is 5.32 Å². The molecule has 1 rings (SSSR count). The lowest BCUT2D eigenvalue weighted by Crippen LogP contribution is -2.41. The van der Waals surface area contributed by atoms with Crippen LogP contribution >= 0.6 is 0 Å². The van der Waals surface area contributed by atoms with Crippen molar-refractivity contribution < 1.29 is 9.53 Å². The van der Waals surface area contributed by atoms with E-state index in [1.807, 2.05) is 45.0 Å². The van der Waals surface area contributed by atoms with E-state index in [-0.39, 0.29) is 18.0 Å². The normalized spacial score (nSPS) is 12.1. The summed E-state index contributed by atoms with van der Waals surface area (Å²) in [5.41, 5.74) is 0.821. The summed E-state index contributed by atoms with van der Waals surface area (Å²) >= 11 is 0. The van der Waals surface area contributed by atoms with E-state index in [1.54, 1.807) is 7.11 Å². The number of para-hydroxylation sites is 2. The SMILES string of the molecule is COc1ccccc1N[C@@H](C)C(=O)NC(C)C. The van der Waals surface area contributed by atoms with Crippen molar-refractivity contribution in [3.05, 3.63) is 24.3 Å². The molecule has 0 fully saturated rings. The van der Waals surface area contributed by atoms with Crippen LogP contribution in [0.25, 0.3) is 0 Å². The van der Waals surface area contributed by atoms with Crippen LogP contribution in [0, 0.1) is 0 Å². The Balaban J connectivity index is 2.67. The highest BCUT2D eigenvalue weighted by Crippen LogP contribution is 2.23. The van der Waals surface area contributed by atoms with Gasteiger partial charge in [0.15, 0.2) is 0 Å². The van der Waals surface area contributed by atoms with Crippen molar-refractivity contribution in [1.29, 1.82) is 0 Å². The fraction of sp³-hybridized carbons (Fsp3) is 0.462. The van der Waals surface area contributed by atoms with Gasteiger partial charge in [-0.2, -0.15) is 0 Å². The minimum absolute atomic E-state index is 0.0223. The Morgan fingerprint density at radius 1 is 1.24 bits per heavy atom. The number of amides is 1. The highest BCUT2D eigenvalue weighted by Gasteiger charge is 2.14. The van der Waals surface area contributed by atoms with E-state index in [4.69, 9.17) is 4.74 Å². The zero-order valence-electron chi connectivity index (χ0n) is 10.8. The standard InChI is InChI=1S/C13H20N2O2/c1-9(2)14-13(16)10(3)15-11-7-5-6-8-12(11)17-4/h5-10,15H,1-4H3,(H,14,16)/t10-/m0/s1. The van der Waals surface area contributed by atoms with E-state index in [2.05, 4.69) is 10.6 Å². The van der Waals surface area contributed by atoms with Gasteiger partial charge in [-0.3, -0.25) is 4.79 Å². The number of methoxy groups -OCH3 is 1. The Morgan fingerprint density at radius 3 is 2.47 bits per heavy atom. The van der Waals surface area contributed by atoms with Gasteiger partial charge in [-0.25, -0.2) is 0 Å². The van der Waals surface area contributed by atoms with Crippen molar-refractivity contribution >= 4 is 11.6 Å². The maximum atomic E-state index is 11.7. The van der Waals surface area contributed by atoms with E-state index in [1.165, 1.54) is 0 Å². The number of anilines is 1. The first-order valence-corrected chi connectivity index (χ1v) is 5.74. The van der Waals surface area contributed by atoms with Gasteiger partial charge in [-0.15, -0.1) is 0 Å². The Hall–Kier alpha value is -1.71. The average molecular weight is 236 g/mol. The van der Waals surface area contributed by atoms with Gasteiger partial charge in [-0.05, 0) is 32.9 Å². The zero-order valence-corrected chi connectivity index (χ0v) is 10.8. The minimum atomic E-state index is -0.298. The molecule has 0 heterocycles. The first-order valence-electron chi connectivity index (χ1n) is 5.74. The van der Waals surface area contributed by atoms with Gasteiger partial charge >= 0.3 is 0 Å². The van der Waals surface area contributed by atoms with Crippen molar-refractivity contribution in [2.24, 2.45) is 0 Å². The summed E-state index contributed by atoms with van der Waals surface area (Å²) in [6.07, 6.45) is 0. The molecule has 2 N–H and O–H groups in total. The quantitative estimate of drug-likeness (QED) is 0.822. The lowest BCUT2D eigenvalue weighted by molar-refractivity contribution is -0.122. The fourth-order valence-corrected chi connectivity index (χ4v) is 1.47. The second kappa shape index (κ2) is 6.13. The number of carbonyl (C=O) groups is 1. The summed E-state index contributed by atoms with van der Waals surface area (Å²) < 4.78 is 5.21. The van der Waals surface area contributed by atoms with Gasteiger partial charge < -0.3 is 15.4 Å². The second-order valence-corrected chi connectivity index (χ2v) is 4.23. The molecule has 0 bridgehead atoms. The highest BCUT2D eigenvalue weighted by molar-refractivity contribution is 5.84. The van der Waals surface area contributed by atoms with Crippen LogP contribution in [-0.2, 0) is 4.79 Å². The molecular formula is C13H20N2O2. The number of hydrogen-bond acceptors (Lipinski definition) is 3. The molecule has 1 aromatic rings. The fourth-order valence-electron chi connectivity index (χ4n) is 1.47. The van der Waals surface area contributed by atoms with Crippen molar-refractivity contribution in [3.8, 4) is 5.75 Å². The number of nitrogens with one attached hydrogen (secondary N) is 2. The first-order chi connectivity index (χ1) is 8.04. The van der Waals surface area contributed by atoms with Crippen LogP contribution in [0.4, 0.5) is 5.69 Å². The third-order valence-corrected chi connectivity index (χ3v) is 2.30. The summed E-state index contributed by atoms with van der Waals surface area (Å²) in [6, 6.07) is 7.38. The molecule has 94 valence electrons.